The molecule has 2 fully saturated rings. The molecule has 3 aromatic rings. The first-order valence-corrected chi connectivity index (χ1v) is 11.8. The Morgan fingerprint density at radius 2 is 2.21 bits per heavy atom. The summed E-state index contributed by atoms with van der Waals surface area (Å²) in [7, 11) is 1.84. The first-order chi connectivity index (χ1) is 15.9. The Hall–Kier alpha value is -3.16. The second-order valence-electron chi connectivity index (χ2n) is 8.99. The number of rotatable bonds is 4. The van der Waals surface area contributed by atoms with Gasteiger partial charge in [-0.05, 0) is 44.7 Å². The standard InChI is InChI=1S/C23H24FN7OS/c1-23-7-3-4-14(28-23)9-17(21(23)24)31(2)19-11-26-22(30-29-19)15-6-5-13(8-18(15)32)16-12-33-20(10-25)27-16/h5-6,8,11-12,14,17,21,28,32H,3-4,7,9H2,1-2H3/t14-,17-,21-,23+/m0/s1. The van der Waals surface area contributed by atoms with Crippen molar-refractivity contribution >= 4 is 17.2 Å². The number of alkyl halides is 1. The van der Waals surface area contributed by atoms with Crippen LogP contribution >= 0.6 is 11.3 Å². The molecule has 2 saturated heterocycles. The van der Waals surface area contributed by atoms with Gasteiger partial charge in [-0.2, -0.15) is 5.26 Å². The zero-order chi connectivity index (χ0) is 23.2. The molecule has 0 aliphatic carbocycles. The van der Waals surface area contributed by atoms with Crippen molar-refractivity contribution in [3.05, 3.63) is 34.8 Å². The molecule has 0 spiro atoms. The number of piperidine rings is 2. The van der Waals surface area contributed by atoms with Crippen LogP contribution in [0, 0.1) is 11.3 Å². The lowest BCUT2D eigenvalue weighted by atomic mass is 9.73. The van der Waals surface area contributed by atoms with E-state index in [0.717, 1.165) is 19.3 Å². The third kappa shape index (κ3) is 3.92. The second-order valence-corrected chi connectivity index (χ2v) is 9.85. The van der Waals surface area contributed by atoms with Crippen molar-refractivity contribution in [2.24, 2.45) is 0 Å². The Kier molecular flexibility index (Phi) is 5.46. The fourth-order valence-electron chi connectivity index (χ4n) is 4.97. The fraction of sp³-hybridized carbons (Fsp3) is 0.435. The third-order valence-corrected chi connectivity index (χ3v) is 7.54. The zero-order valence-corrected chi connectivity index (χ0v) is 19.2. The lowest BCUT2D eigenvalue weighted by molar-refractivity contribution is 0.0405. The number of phenolic OH excluding ortho intramolecular Hbond substituents is 1. The van der Waals surface area contributed by atoms with Crippen LogP contribution in [0.1, 0.15) is 37.6 Å². The van der Waals surface area contributed by atoms with Crippen molar-refractivity contribution < 1.29 is 9.50 Å². The molecule has 2 aliphatic rings. The lowest BCUT2D eigenvalue weighted by Gasteiger charge is -2.52. The Morgan fingerprint density at radius 3 is 2.91 bits per heavy atom. The molecule has 0 saturated carbocycles. The highest BCUT2D eigenvalue weighted by atomic mass is 32.1. The highest BCUT2D eigenvalue weighted by Gasteiger charge is 2.49. The molecule has 4 heterocycles. The van der Waals surface area contributed by atoms with Crippen LogP contribution in [-0.4, -0.2) is 56.1 Å². The van der Waals surface area contributed by atoms with Gasteiger partial charge in [0.05, 0.1) is 23.5 Å². The average Bonchev–Trinajstić information content (AvgIpc) is 3.31. The average molecular weight is 466 g/mol. The molecule has 170 valence electrons. The maximum atomic E-state index is 15.4. The molecule has 0 amide bonds. The molecule has 4 atom stereocenters. The van der Waals surface area contributed by atoms with Gasteiger partial charge in [0.25, 0.3) is 0 Å². The van der Waals surface area contributed by atoms with E-state index in [0.29, 0.717) is 40.1 Å². The summed E-state index contributed by atoms with van der Waals surface area (Å²) < 4.78 is 15.4. The number of halogens is 1. The summed E-state index contributed by atoms with van der Waals surface area (Å²) in [4.78, 5) is 10.4. The molecule has 0 unspecified atom stereocenters. The van der Waals surface area contributed by atoms with E-state index in [1.54, 1.807) is 29.8 Å². The number of hydrogen-bond donors (Lipinski definition) is 2. The summed E-state index contributed by atoms with van der Waals surface area (Å²) in [6.45, 7) is 1.97. The number of nitrogens with one attached hydrogen (secondary N) is 1. The number of hydrogen-bond acceptors (Lipinski definition) is 9. The number of aromatic nitrogens is 4. The van der Waals surface area contributed by atoms with Gasteiger partial charge in [-0.1, -0.05) is 6.07 Å². The topological polar surface area (TPSA) is 111 Å². The molecule has 0 radical (unpaired) electrons. The first kappa shape index (κ1) is 21.7. The van der Waals surface area contributed by atoms with Gasteiger partial charge in [0.15, 0.2) is 16.6 Å². The predicted molar refractivity (Wildman–Crippen MR) is 124 cm³/mol. The van der Waals surface area contributed by atoms with Crippen LogP contribution in [-0.2, 0) is 0 Å². The summed E-state index contributed by atoms with van der Waals surface area (Å²) >= 11 is 1.25. The summed E-state index contributed by atoms with van der Waals surface area (Å²) in [5, 5.41) is 33.6. The van der Waals surface area contributed by atoms with Crippen molar-refractivity contribution in [1.82, 2.24) is 25.5 Å². The molecule has 2 aromatic heterocycles. The van der Waals surface area contributed by atoms with E-state index in [1.807, 2.05) is 24.9 Å². The number of thiazole rings is 1. The van der Waals surface area contributed by atoms with E-state index >= 15 is 4.39 Å². The zero-order valence-electron chi connectivity index (χ0n) is 18.4. The Labute approximate surface area is 195 Å². The van der Waals surface area contributed by atoms with Gasteiger partial charge in [0.2, 0.25) is 0 Å². The molecule has 8 nitrogen and oxygen atoms in total. The van der Waals surface area contributed by atoms with Crippen LogP contribution in [0.5, 0.6) is 5.75 Å². The van der Waals surface area contributed by atoms with Gasteiger partial charge in [0.1, 0.15) is 18.0 Å². The molecule has 5 rings (SSSR count). The number of benzene rings is 1. The van der Waals surface area contributed by atoms with E-state index in [2.05, 4.69) is 25.5 Å². The Morgan fingerprint density at radius 1 is 1.36 bits per heavy atom. The highest BCUT2D eigenvalue weighted by Crippen LogP contribution is 2.38. The minimum absolute atomic E-state index is 0.00941. The van der Waals surface area contributed by atoms with Crippen LogP contribution in [0.25, 0.3) is 22.6 Å². The van der Waals surface area contributed by atoms with Crippen molar-refractivity contribution in [2.45, 2.75) is 56.4 Å². The molecule has 1 aromatic carbocycles. The van der Waals surface area contributed by atoms with Crippen molar-refractivity contribution in [3.63, 3.8) is 0 Å². The van der Waals surface area contributed by atoms with Crippen LogP contribution < -0.4 is 10.2 Å². The largest absolute Gasteiger partial charge is 0.507 e. The van der Waals surface area contributed by atoms with Crippen molar-refractivity contribution in [1.29, 1.82) is 5.26 Å². The SMILES string of the molecule is CN(c1cnc(-c2ccc(-c3csc(C#N)n3)cc2O)nn1)[C@H]1C[C@@H]2CCC[C@@](C)(N2)[C@H]1F. The van der Waals surface area contributed by atoms with E-state index in [9.17, 15) is 5.11 Å². The Balaban J connectivity index is 1.36. The van der Waals surface area contributed by atoms with Crippen LogP contribution in [0.2, 0.25) is 0 Å². The molecule has 10 heteroatoms. The van der Waals surface area contributed by atoms with Gasteiger partial charge in [-0.3, -0.25) is 0 Å². The molecule has 2 aliphatic heterocycles. The molecule has 2 bridgehead atoms. The van der Waals surface area contributed by atoms with E-state index in [4.69, 9.17) is 5.26 Å². The van der Waals surface area contributed by atoms with Crippen LogP contribution in [0.3, 0.4) is 0 Å². The third-order valence-electron chi connectivity index (χ3n) is 6.80. The van der Waals surface area contributed by atoms with Gasteiger partial charge in [0, 0.05) is 29.6 Å². The lowest BCUT2D eigenvalue weighted by Crippen LogP contribution is -2.68. The first-order valence-electron chi connectivity index (χ1n) is 10.9. The summed E-state index contributed by atoms with van der Waals surface area (Å²) in [6.07, 6.45) is 4.19. The molecule has 33 heavy (non-hydrogen) atoms. The monoisotopic (exact) mass is 465 g/mol. The van der Waals surface area contributed by atoms with Gasteiger partial charge < -0.3 is 15.3 Å². The van der Waals surface area contributed by atoms with Crippen LogP contribution in [0.15, 0.2) is 29.8 Å². The van der Waals surface area contributed by atoms with Crippen molar-refractivity contribution in [2.75, 3.05) is 11.9 Å². The van der Waals surface area contributed by atoms with Crippen molar-refractivity contribution in [3.8, 4) is 34.5 Å². The number of phenols is 1. The second kappa shape index (κ2) is 8.32. The molecular formula is C23H24FN7OS. The maximum Gasteiger partial charge on any atom is 0.194 e. The minimum atomic E-state index is -1.02. The summed E-state index contributed by atoms with van der Waals surface area (Å²) in [5.74, 6) is 0.764. The van der Waals surface area contributed by atoms with E-state index in [-0.39, 0.29) is 17.6 Å². The van der Waals surface area contributed by atoms with E-state index < -0.39 is 11.7 Å². The number of anilines is 1. The maximum absolute atomic E-state index is 15.4. The number of nitrogens with zero attached hydrogens (tertiary/aromatic N) is 6. The van der Waals surface area contributed by atoms with Gasteiger partial charge in [-0.25, -0.2) is 14.4 Å². The predicted octanol–water partition coefficient (Wildman–Crippen LogP) is 3.69. The number of nitriles is 1. The molecular weight excluding hydrogens is 441 g/mol. The molecule has 2 N–H and O–H groups in total. The van der Waals surface area contributed by atoms with E-state index in [1.165, 1.54) is 11.3 Å². The highest BCUT2D eigenvalue weighted by molar-refractivity contribution is 7.10. The number of aromatic hydroxyl groups is 1. The minimum Gasteiger partial charge on any atom is -0.507 e. The fourth-order valence-corrected chi connectivity index (χ4v) is 5.59. The van der Waals surface area contributed by atoms with Crippen LogP contribution in [0.4, 0.5) is 10.2 Å². The normalized spacial score (nSPS) is 26.5. The number of fused-ring (bicyclic) bond motifs is 2. The summed E-state index contributed by atoms with van der Waals surface area (Å²) in [6, 6.07) is 7.07. The quantitative estimate of drug-likeness (QED) is 0.600. The van der Waals surface area contributed by atoms with Gasteiger partial charge in [-0.15, -0.1) is 21.5 Å². The smallest absolute Gasteiger partial charge is 0.194 e. The Bertz CT molecular complexity index is 1210. The summed E-state index contributed by atoms with van der Waals surface area (Å²) in [5.41, 5.74) is 1.23. The van der Waals surface area contributed by atoms with Gasteiger partial charge >= 0.3 is 0 Å².